The summed E-state index contributed by atoms with van der Waals surface area (Å²) < 4.78 is 0. The van der Waals surface area contributed by atoms with Crippen LogP contribution in [-0.2, 0) is 4.79 Å². The van der Waals surface area contributed by atoms with Gasteiger partial charge in [0.15, 0.2) is 0 Å². The molecule has 0 radical (unpaired) electrons. The van der Waals surface area contributed by atoms with Crippen LogP contribution < -0.4 is 5.32 Å². The van der Waals surface area contributed by atoms with Gasteiger partial charge in [-0.15, -0.1) is 0 Å². The maximum Gasteiger partial charge on any atom is 0.242 e. The number of carbonyl (C=O) groups is 1. The second-order valence-corrected chi connectivity index (χ2v) is 4.13. The van der Waals surface area contributed by atoms with Gasteiger partial charge in [-0.3, -0.25) is 4.79 Å². The molecule has 3 heteroatoms. The number of carbonyl (C=O) groups excluding carboxylic acids is 1. The summed E-state index contributed by atoms with van der Waals surface area (Å²) in [5, 5.41) is 3.15. The Labute approximate surface area is 96.5 Å². The van der Waals surface area contributed by atoms with E-state index >= 15 is 0 Å². The Kier molecular flexibility index (Phi) is 3.44. The lowest BCUT2D eigenvalue weighted by molar-refractivity contribution is -0.129. The first-order valence-electron chi connectivity index (χ1n) is 5.89. The second kappa shape index (κ2) is 5.01. The van der Waals surface area contributed by atoms with Crippen LogP contribution in [0.2, 0.25) is 0 Å². The monoisotopic (exact) mass is 218 g/mol. The first-order chi connectivity index (χ1) is 7.81. The van der Waals surface area contributed by atoms with E-state index in [0.717, 1.165) is 12.2 Å². The van der Waals surface area contributed by atoms with E-state index in [0.29, 0.717) is 12.6 Å². The smallest absolute Gasteiger partial charge is 0.242 e. The number of amides is 1. The summed E-state index contributed by atoms with van der Waals surface area (Å²) in [5.74, 6) is 0.203. The number of rotatable bonds is 5. The Morgan fingerprint density at radius 3 is 2.62 bits per heavy atom. The quantitative estimate of drug-likeness (QED) is 0.821. The molecule has 0 saturated heterocycles. The lowest BCUT2D eigenvalue weighted by atomic mass is 10.3. The van der Waals surface area contributed by atoms with Crippen molar-refractivity contribution in [2.24, 2.45) is 0 Å². The highest BCUT2D eigenvalue weighted by atomic mass is 16.2. The summed E-state index contributed by atoms with van der Waals surface area (Å²) in [4.78, 5) is 13.9. The van der Waals surface area contributed by atoms with Crippen molar-refractivity contribution in [1.82, 2.24) is 4.90 Å². The van der Waals surface area contributed by atoms with Gasteiger partial charge >= 0.3 is 0 Å². The maximum atomic E-state index is 11.9. The summed E-state index contributed by atoms with van der Waals surface area (Å²) in [6.07, 6.45) is 2.34. The Morgan fingerprint density at radius 1 is 1.38 bits per heavy atom. The summed E-state index contributed by atoms with van der Waals surface area (Å²) in [6.45, 7) is 3.26. The molecule has 1 saturated carbocycles. The molecule has 0 aromatic heterocycles. The van der Waals surface area contributed by atoms with Gasteiger partial charge in [-0.2, -0.15) is 0 Å². The number of hydrogen-bond donors (Lipinski definition) is 1. The summed E-state index contributed by atoms with van der Waals surface area (Å²) >= 11 is 0. The van der Waals surface area contributed by atoms with Gasteiger partial charge in [0.05, 0.1) is 6.54 Å². The van der Waals surface area contributed by atoms with Crippen molar-refractivity contribution in [2.75, 3.05) is 18.4 Å². The standard InChI is InChI=1S/C13H18N2O/c1-2-15(12-8-9-12)13(16)10-14-11-6-4-3-5-7-11/h3-7,12,14H,2,8-10H2,1H3. The highest BCUT2D eigenvalue weighted by Crippen LogP contribution is 2.26. The molecular formula is C13H18N2O. The molecule has 1 aliphatic carbocycles. The summed E-state index contributed by atoms with van der Waals surface area (Å²) in [5.41, 5.74) is 1.00. The molecule has 1 amide bonds. The third-order valence-electron chi connectivity index (χ3n) is 2.87. The molecule has 0 spiro atoms. The Hall–Kier alpha value is -1.51. The Balaban J connectivity index is 1.83. The van der Waals surface area contributed by atoms with Gasteiger partial charge in [0.1, 0.15) is 0 Å². The zero-order valence-electron chi connectivity index (χ0n) is 9.65. The van der Waals surface area contributed by atoms with Crippen LogP contribution in [0.3, 0.4) is 0 Å². The van der Waals surface area contributed by atoms with Crippen molar-refractivity contribution in [3.8, 4) is 0 Å². The van der Waals surface area contributed by atoms with Crippen molar-refractivity contribution in [2.45, 2.75) is 25.8 Å². The van der Waals surface area contributed by atoms with E-state index in [1.807, 2.05) is 42.2 Å². The molecule has 1 fully saturated rings. The minimum absolute atomic E-state index is 0.203. The molecule has 2 rings (SSSR count). The largest absolute Gasteiger partial charge is 0.376 e. The second-order valence-electron chi connectivity index (χ2n) is 4.13. The van der Waals surface area contributed by atoms with Crippen LogP contribution in [0.4, 0.5) is 5.69 Å². The first-order valence-corrected chi connectivity index (χ1v) is 5.89. The predicted octanol–water partition coefficient (Wildman–Crippen LogP) is 2.11. The molecule has 1 aromatic rings. The van der Waals surface area contributed by atoms with Gasteiger partial charge in [0.25, 0.3) is 0 Å². The number of hydrogen-bond acceptors (Lipinski definition) is 2. The van der Waals surface area contributed by atoms with E-state index in [4.69, 9.17) is 0 Å². The average Bonchev–Trinajstić information content (AvgIpc) is 3.13. The third-order valence-corrected chi connectivity index (χ3v) is 2.87. The number of para-hydroxylation sites is 1. The highest BCUT2D eigenvalue weighted by molar-refractivity contribution is 5.81. The van der Waals surface area contributed by atoms with Crippen LogP contribution >= 0.6 is 0 Å². The van der Waals surface area contributed by atoms with Crippen LogP contribution in [0.5, 0.6) is 0 Å². The van der Waals surface area contributed by atoms with Gasteiger partial charge in [0.2, 0.25) is 5.91 Å². The van der Waals surface area contributed by atoms with Gasteiger partial charge in [-0.05, 0) is 31.9 Å². The fraction of sp³-hybridized carbons (Fsp3) is 0.462. The van der Waals surface area contributed by atoms with E-state index in [-0.39, 0.29) is 5.91 Å². The van der Waals surface area contributed by atoms with Crippen LogP contribution in [0, 0.1) is 0 Å². The van der Waals surface area contributed by atoms with Crippen LogP contribution in [0.1, 0.15) is 19.8 Å². The number of benzene rings is 1. The van der Waals surface area contributed by atoms with Gasteiger partial charge < -0.3 is 10.2 Å². The van der Waals surface area contributed by atoms with Crippen molar-refractivity contribution in [1.29, 1.82) is 0 Å². The molecule has 0 bridgehead atoms. The molecule has 3 nitrogen and oxygen atoms in total. The van der Waals surface area contributed by atoms with Crippen molar-refractivity contribution in [3.63, 3.8) is 0 Å². The van der Waals surface area contributed by atoms with E-state index in [2.05, 4.69) is 5.32 Å². The highest BCUT2D eigenvalue weighted by Gasteiger charge is 2.30. The first kappa shape index (κ1) is 11.0. The fourth-order valence-corrected chi connectivity index (χ4v) is 1.86. The third kappa shape index (κ3) is 2.75. The fourth-order valence-electron chi connectivity index (χ4n) is 1.86. The number of anilines is 1. The summed E-state index contributed by atoms with van der Waals surface area (Å²) in [6, 6.07) is 10.4. The van der Waals surface area contributed by atoms with Gasteiger partial charge in [0, 0.05) is 18.3 Å². The molecule has 86 valence electrons. The molecule has 0 heterocycles. The molecule has 0 aliphatic heterocycles. The molecule has 1 aromatic carbocycles. The van der Waals surface area contributed by atoms with Crippen molar-refractivity contribution >= 4 is 11.6 Å². The number of nitrogens with one attached hydrogen (secondary N) is 1. The van der Waals surface area contributed by atoms with Crippen molar-refractivity contribution < 1.29 is 4.79 Å². The predicted molar refractivity (Wildman–Crippen MR) is 65.3 cm³/mol. The van der Waals surface area contributed by atoms with E-state index in [1.165, 1.54) is 12.8 Å². The average molecular weight is 218 g/mol. The molecule has 0 unspecified atom stereocenters. The lowest BCUT2D eigenvalue weighted by Crippen LogP contribution is -2.37. The molecular weight excluding hydrogens is 200 g/mol. The summed E-state index contributed by atoms with van der Waals surface area (Å²) in [7, 11) is 0. The normalized spacial score (nSPS) is 14.6. The number of likely N-dealkylation sites (N-methyl/N-ethyl adjacent to an activating group) is 1. The van der Waals surface area contributed by atoms with Crippen LogP contribution in [0.25, 0.3) is 0 Å². The lowest BCUT2D eigenvalue weighted by Gasteiger charge is -2.20. The number of nitrogens with zero attached hydrogens (tertiary/aromatic N) is 1. The van der Waals surface area contributed by atoms with Crippen LogP contribution in [-0.4, -0.2) is 29.9 Å². The van der Waals surface area contributed by atoms with E-state index < -0.39 is 0 Å². The van der Waals surface area contributed by atoms with E-state index in [9.17, 15) is 4.79 Å². The zero-order valence-corrected chi connectivity index (χ0v) is 9.65. The van der Waals surface area contributed by atoms with Gasteiger partial charge in [-0.25, -0.2) is 0 Å². The molecule has 1 aliphatic rings. The van der Waals surface area contributed by atoms with Crippen molar-refractivity contribution in [3.05, 3.63) is 30.3 Å². The molecule has 16 heavy (non-hydrogen) atoms. The van der Waals surface area contributed by atoms with Crippen LogP contribution in [0.15, 0.2) is 30.3 Å². The zero-order chi connectivity index (χ0) is 11.4. The van der Waals surface area contributed by atoms with Gasteiger partial charge in [-0.1, -0.05) is 18.2 Å². The Morgan fingerprint density at radius 2 is 2.06 bits per heavy atom. The minimum Gasteiger partial charge on any atom is -0.376 e. The topological polar surface area (TPSA) is 32.3 Å². The molecule has 1 N–H and O–H groups in total. The minimum atomic E-state index is 0.203. The maximum absolute atomic E-state index is 11.9. The SMILES string of the molecule is CCN(C(=O)CNc1ccccc1)C1CC1. The molecule has 0 atom stereocenters. The Bertz CT molecular complexity index is 346. The van der Waals surface area contributed by atoms with E-state index in [1.54, 1.807) is 0 Å².